The zero-order valence-electron chi connectivity index (χ0n) is 16.6. The van der Waals surface area contributed by atoms with E-state index in [4.69, 9.17) is 4.98 Å². The van der Waals surface area contributed by atoms with Crippen LogP contribution in [0.3, 0.4) is 0 Å². The molecule has 6 heteroatoms. The molecule has 4 rings (SSSR count). The maximum absolute atomic E-state index is 12.5. The average molecular weight is 398 g/mol. The lowest BCUT2D eigenvalue weighted by molar-refractivity contribution is 0.577. The van der Waals surface area contributed by atoms with E-state index in [1.807, 2.05) is 19.2 Å². The van der Waals surface area contributed by atoms with Gasteiger partial charge in [0.25, 0.3) is 0 Å². The topological polar surface area (TPSA) is 64.8 Å². The molecule has 0 bridgehead atoms. The lowest BCUT2D eigenvalue weighted by Crippen LogP contribution is -2.10. The molecule has 0 N–H and O–H groups in total. The first kappa shape index (κ1) is 19.1. The number of nitrogens with zero attached hydrogens (tertiary/aromatic N) is 3. The number of sulfone groups is 1. The Hall–Kier alpha value is -2.21. The molecule has 148 valence electrons. The highest BCUT2D eigenvalue weighted by Gasteiger charge is 2.25. The number of benzene rings is 1. The summed E-state index contributed by atoms with van der Waals surface area (Å²) in [6, 6.07) is 8.72. The molecule has 2 aromatic heterocycles. The first-order chi connectivity index (χ1) is 13.5. The standard InChI is InChI=1S/C22H27N3O2S/c1-16-17(2)23-15-20-22(16)25(21(24-20)14-18-10-11-18)12-6-7-13-28(26,27)19-8-4-3-5-9-19/h3-5,8-9,15,18H,6-7,10-14H2,1-2H3. The zero-order chi connectivity index (χ0) is 19.7. The van der Waals surface area contributed by atoms with Crippen molar-refractivity contribution in [1.82, 2.24) is 14.5 Å². The van der Waals surface area contributed by atoms with Crippen LogP contribution >= 0.6 is 0 Å². The number of rotatable bonds is 8. The SMILES string of the molecule is Cc1ncc2nc(CC3CC3)n(CCCCS(=O)(=O)c3ccccc3)c2c1C. The molecule has 28 heavy (non-hydrogen) atoms. The number of hydrogen-bond donors (Lipinski definition) is 0. The van der Waals surface area contributed by atoms with Crippen molar-refractivity contribution in [2.45, 2.75) is 57.4 Å². The van der Waals surface area contributed by atoms with Crippen LogP contribution in [0.1, 0.15) is 42.8 Å². The first-order valence-corrected chi connectivity index (χ1v) is 11.7. The third-order valence-electron chi connectivity index (χ3n) is 5.67. The molecule has 0 aliphatic heterocycles. The second-order valence-electron chi connectivity index (χ2n) is 7.87. The van der Waals surface area contributed by atoms with E-state index < -0.39 is 9.84 Å². The molecular formula is C22H27N3O2S. The van der Waals surface area contributed by atoms with Crippen molar-refractivity contribution in [2.75, 3.05) is 5.75 Å². The second-order valence-corrected chi connectivity index (χ2v) is 9.98. The normalized spacial score (nSPS) is 14.6. The van der Waals surface area contributed by atoms with Crippen LogP contribution in [0.4, 0.5) is 0 Å². The van der Waals surface area contributed by atoms with Gasteiger partial charge in [0.05, 0.1) is 22.4 Å². The molecule has 1 aromatic carbocycles. The van der Waals surface area contributed by atoms with Gasteiger partial charge in [0.2, 0.25) is 0 Å². The summed E-state index contributed by atoms with van der Waals surface area (Å²) < 4.78 is 27.3. The molecule has 0 amide bonds. The minimum absolute atomic E-state index is 0.182. The van der Waals surface area contributed by atoms with Gasteiger partial charge >= 0.3 is 0 Å². The van der Waals surface area contributed by atoms with Gasteiger partial charge in [-0.15, -0.1) is 0 Å². The number of fused-ring (bicyclic) bond motifs is 1. The summed E-state index contributed by atoms with van der Waals surface area (Å²) in [5.74, 6) is 2.06. The van der Waals surface area contributed by atoms with E-state index in [9.17, 15) is 8.42 Å². The molecule has 1 saturated carbocycles. The molecule has 1 fully saturated rings. The maximum Gasteiger partial charge on any atom is 0.178 e. The van der Waals surface area contributed by atoms with Crippen molar-refractivity contribution in [3.8, 4) is 0 Å². The molecule has 1 aliphatic rings. The van der Waals surface area contributed by atoms with Crippen molar-refractivity contribution in [2.24, 2.45) is 5.92 Å². The third-order valence-corrected chi connectivity index (χ3v) is 7.48. The maximum atomic E-state index is 12.5. The zero-order valence-corrected chi connectivity index (χ0v) is 17.4. The molecule has 1 aliphatic carbocycles. The van der Waals surface area contributed by atoms with Crippen LogP contribution in [0.2, 0.25) is 0 Å². The highest BCUT2D eigenvalue weighted by molar-refractivity contribution is 7.91. The van der Waals surface area contributed by atoms with Gasteiger partial charge in [0.15, 0.2) is 9.84 Å². The lowest BCUT2D eigenvalue weighted by Gasteiger charge is -2.11. The molecule has 0 atom stereocenters. The minimum atomic E-state index is -3.21. The van der Waals surface area contributed by atoms with Crippen LogP contribution in [0.15, 0.2) is 41.4 Å². The Labute approximate surface area is 166 Å². The average Bonchev–Trinajstić information content (AvgIpc) is 3.43. The molecule has 5 nitrogen and oxygen atoms in total. The van der Waals surface area contributed by atoms with E-state index >= 15 is 0 Å². The number of hydrogen-bond acceptors (Lipinski definition) is 4. The fraction of sp³-hybridized carbons (Fsp3) is 0.455. The Morgan fingerprint density at radius 2 is 1.86 bits per heavy atom. The van der Waals surface area contributed by atoms with Crippen LogP contribution < -0.4 is 0 Å². The number of aryl methyl sites for hydroxylation is 3. The van der Waals surface area contributed by atoms with E-state index in [1.165, 1.54) is 18.4 Å². The van der Waals surface area contributed by atoms with Gasteiger partial charge in [-0.25, -0.2) is 13.4 Å². The number of aromatic nitrogens is 3. The minimum Gasteiger partial charge on any atom is -0.328 e. The Balaban J connectivity index is 1.50. The Bertz CT molecular complexity index is 1080. The van der Waals surface area contributed by atoms with Crippen LogP contribution in [0, 0.1) is 19.8 Å². The van der Waals surface area contributed by atoms with Gasteiger partial charge in [-0.1, -0.05) is 18.2 Å². The largest absolute Gasteiger partial charge is 0.328 e. The molecule has 0 spiro atoms. The van der Waals surface area contributed by atoms with Crippen molar-refractivity contribution < 1.29 is 8.42 Å². The van der Waals surface area contributed by atoms with Crippen molar-refractivity contribution in [3.63, 3.8) is 0 Å². The molecule has 3 aromatic rings. The predicted molar refractivity (Wildman–Crippen MR) is 111 cm³/mol. The van der Waals surface area contributed by atoms with Gasteiger partial charge < -0.3 is 4.57 Å². The van der Waals surface area contributed by atoms with Crippen LogP contribution in [0.25, 0.3) is 11.0 Å². The van der Waals surface area contributed by atoms with E-state index in [0.29, 0.717) is 11.3 Å². The van der Waals surface area contributed by atoms with Crippen LogP contribution in [-0.2, 0) is 22.8 Å². The Morgan fingerprint density at radius 3 is 2.57 bits per heavy atom. The Kier molecular flexibility index (Phi) is 5.23. The molecule has 0 radical (unpaired) electrons. The number of unbranched alkanes of at least 4 members (excludes halogenated alkanes) is 1. The van der Waals surface area contributed by atoms with Gasteiger partial charge in [0, 0.05) is 18.7 Å². The van der Waals surface area contributed by atoms with E-state index in [2.05, 4.69) is 16.5 Å². The molecular weight excluding hydrogens is 370 g/mol. The van der Waals surface area contributed by atoms with Crippen LogP contribution in [-0.4, -0.2) is 28.7 Å². The van der Waals surface area contributed by atoms with E-state index in [-0.39, 0.29) is 5.75 Å². The summed E-state index contributed by atoms with van der Waals surface area (Å²) in [7, 11) is -3.21. The predicted octanol–water partition coefficient (Wildman–Crippen LogP) is 4.25. The number of imidazole rings is 1. The van der Waals surface area contributed by atoms with Gasteiger partial charge in [0.1, 0.15) is 11.3 Å². The van der Waals surface area contributed by atoms with Crippen LogP contribution in [0.5, 0.6) is 0 Å². The molecule has 0 saturated heterocycles. The van der Waals surface area contributed by atoms with Crippen molar-refractivity contribution in [1.29, 1.82) is 0 Å². The molecule has 2 heterocycles. The summed E-state index contributed by atoms with van der Waals surface area (Å²) in [6.07, 6.45) is 6.91. The van der Waals surface area contributed by atoms with E-state index in [0.717, 1.165) is 47.9 Å². The lowest BCUT2D eigenvalue weighted by atomic mass is 10.2. The smallest absolute Gasteiger partial charge is 0.178 e. The fourth-order valence-corrected chi connectivity index (χ4v) is 5.11. The highest BCUT2D eigenvalue weighted by atomic mass is 32.2. The second kappa shape index (κ2) is 7.66. The van der Waals surface area contributed by atoms with Gasteiger partial charge in [-0.05, 0) is 63.1 Å². The quantitative estimate of drug-likeness (QED) is 0.533. The van der Waals surface area contributed by atoms with E-state index in [1.54, 1.807) is 24.3 Å². The van der Waals surface area contributed by atoms with Crippen molar-refractivity contribution >= 4 is 20.9 Å². The first-order valence-electron chi connectivity index (χ1n) is 10.0. The summed E-state index contributed by atoms with van der Waals surface area (Å²) in [6.45, 7) is 4.93. The summed E-state index contributed by atoms with van der Waals surface area (Å²) >= 11 is 0. The number of pyridine rings is 1. The third kappa shape index (κ3) is 3.97. The summed E-state index contributed by atoms with van der Waals surface area (Å²) in [5.41, 5.74) is 4.31. The summed E-state index contributed by atoms with van der Waals surface area (Å²) in [5, 5.41) is 0. The highest BCUT2D eigenvalue weighted by Crippen LogP contribution is 2.34. The van der Waals surface area contributed by atoms with Crippen molar-refractivity contribution in [3.05, 3.63) is 53.6 Å². The molecule has 0 unspecified atom stereocenters. The fourth-order valence-electron chi connectivity index (χ4n) is 3.71. The van der Waals surface area contributed by atoms with Gasteiger partial charge in [-0.3, -0.25) is 4.98 Å². The Morgan fingerprint density at radius 1 is 1.11 bits per heavy atom. The summed E-state index contributed by atoms with van der Waals surface area (Å²) in [4.78, 5) is 9.73. The van der Waals surface area contributed by atoms with Gasteiger partial charge in [-0.2, -0.15) is 0 Å². The monoisotopic (exact) mass is 397 g/mol.